The van der Waals surface area contributed by atoms with Crippen molar-refractivity contribution in [3.05, 3.63) is 41.6 Å². The van der Waals surface area contributed by atoms with Crippen molar-refractivity contribution in [1.29, 1.82) is 0 Å². The van der Waals surface area contributed by atoms with Crippen molar-refractivity contribution in [3.8, 4) is 0 Å². The van der Waals surface area contributed by atoms with Crippen molar-refractivity contribution < 1.29 is 9.21 Å². The molecule has 0 aromatic carbocycles. The van der Waals surface area contributed by atoms with Gasteiger partial charge in [0, 0.05) is 18.8 Å². The zero-order valence-electron chi connectivity index (χ0n) is 10.1. The zero-order valence-corrected chi connectivity index (χ0v) is 10.1. The van der Waals surface area contributed by atoms with Gasteiger partial charge in [0.25, 0.3) is 5.91 Å². The zero-order chi connectivity index (χ0) is 12.4. The smallest absolute Gasteiger partial charge is 0.255 e. The number of nitrogens with zero attached hydrogens (tertiary/aromatic N) is 2. The molecule has 0 aliphatic rings. The van der Waals surface area contributed by atoms with Crippen LogP contribution in [0.1, 0.15) is 34.6 Å². The Bertz CT molecular complexity index is 527. The van der Waals surface area contributed by atoms with E-state index in [4.69, 9.17) is 4.42 Å². The van der Waals surface area contributed by atoms with Crippen LogP contribution in [0, 0.1) is 6.92 Å². The van der Waals surface area contributed by atoms with Crippen molar-refractivity contribution in [2.24, 2.45) is 7.05 Å². The summed E-state index contributed by atoms with van der Waals surface area (Å²) in [5.41, 5.74) is 1.54. The van der Waals surface area contributed by atoms with Gasteiger partial charge >= 0.3 is 0 Å². The molecule has 90 valence electrons. The van der Waals surface area contributed by atoms with Crippen LogP contribution in [-0.2, 0) is 7.05 Å². The Hall–Kier alpha value is -2.04. The Morgan fingerprint density at radius 3 is 2.88 bits per heavy atom. The Balaban J connectivity index is 2.07. The molecule has 0 saturated carbocycles. The Kier molecular flexibility index (Phi) is 2.99. The van der Waals surface area contributed by atoms with Gasteiger partial charge in [0.2, 0.25) is 0 Å². The van der Waals surface area contributed by atoms with Crippen LogP contribution in [0.5, 0.6) is 0 Å². The van der Waals surface area contributed by atoms with Gasteiger partial charge in [-0.05, 0) is 19.9 Å². The fraction of sp³-hybridized carbons (Fsp3) is 0.333. The van der Waals surface area contributed by atoms with E-state index < -0.39 is 0 Å². The number of amides is 1. The molecule has 0 spiro atoms. The van der Waals surface area contributed by atoms with Crippen LogP contribution in [0.2, 0.25) is 0 Å². The standard InChI is InChI=1S/C12H15N3O2/c1-8(10-6-13-15(3)7-10)14-12(16)11-4-5-17-9(11)2/h4-8H,1-3H3,(H,14,16). The summed E-state index contributed by atoms with van der Waals surface area (Å²) in [6.45, 7) is 3.69. The second-order valence-corrected chi connectivity index (χ2v) is 4.03. The number of aryl methyl sites for hydroxylation is 2. The van der Waals surface area contributed by atoms with E-state index >= 15 is 0 Å². The van der Waals surface area contributed by atoms with Gasteiger partial charge in [-0.1, -0.05) is 0 Å². The Morgan fingerprint density at radius 2 is 2.35 bits per heavy atom. The third-order valence-corrected chi connectivity index (χ3v) is 2.68. The summed E-state index contributed by atoms with van der Waals surface area (Å²) < 4.78 is 6.81. The number of carbonyl (C=O) groups excluding carboxylic acids is 1. The summed E-state index contributed by atoms with van der Waals surface area (Å²) in [7, 11) is 1.85. The van der Waals surface area contributed by atoms with Crippen LogP contribution in [0.25, 0.3) is 0 Å². The van der Waals surface area contributed by atoms with Crippen LogP contribution >= 0.6 is 0 Å². The lowest BCUT2D eigenvalue weighted by molar-refractivity contribution is 0.0938. The molecular formula is C12H15N3O2. The van der Waals surface area contributed by atoms with Gasteiger partial charge in [-0.25, -0.2) is 0 Å². The molecule has 1 unspecified atom stereocenters. The minimum absolute atomic E-state index is 0.0782. The number of carbonyl (C=O) groups is 1. The first kappa shape index (κ1) is 11.4. The number of hydrogen-bond donors (Lipinski definition) is 1. The van der Waals surface area contributed by atoms with E-state index in [-0.39, 0.29) is 11.9 Å². The van der Waals surface area contributed by atoms with Crippen molar-refractivity contribution in [3.63, 3.8) is 0 Å². The fourth-order valence-electron chi connectivity index (χ4n) is 1.64. The highest BCUT2D eigenvalue weighted by Crippen LogP contribution is 2.13. The quantitative estimate of drug-likeness (QED) is 0.879. The molecule has 1 atom stereocenters. The lowest BCUT2D eigenvalue weighted by Crippen LogP contribution is -2.26. The summed E-state index contributed by atoms with van der Waals surface area (Å²) in [6.07, 6.45) is 5.14. The molecule has 2 aromatic rings. The highest BCUT2D eigenvalue weighted by molar-refractivity contribution is 5.95. The van der Waals surface area contributed by atoms with Crippen LogP contribution in [-0.4, -0.2) is 15.7 Å². The van der Waals surface area contributed by atoms with Gasteiger partial charge in [0.15, 0.2) is 0 Å². The minimum atomic E-state index is -0.132. The molecule has 0 radical (unpaired) electrons. The van der Waals surface area contributed by atoms with Gasteiger partial charge < -0.3 is 9.73 Å². The van der Waals surface area contributed by atoms with E-state index in [1.54, 1.807) is 23.9 Å². The maximum atomic E-state index is 11.9. The Morgan fingerprint density at radius 1 is 1.59 bits per heavy atom. The van der Waals surface area contributed by atoms with E-state index in [0.717, 1.165) is 5.56 Å². The topological polar surface area (TPSA) is 60.1 Å². The van der Waals surface area contributed by atoms with Crippen molar-refractivity contribution in [1.82, 2.24) is 15.1 Å². The average molecular weight is 233 g/mol. The number of rotatable bonds is 3. The number of furan rings is 1. The molecule has 17 heavy (non-hydrogen) atoms. The summed E-state index contributed by atoms with van der Waals surface area (Å²) in [4.78, 5) is 11.9. The fourth-order valence-corrected chi connectivity index (χ4v) is 1.64. The monoisotopic (exact) mass is 233 g/mol. The maximum Gasteiger partial charge on any atom is 0.255 e. The summed E-state index contributed by atoms with van der Waals surface area (Å²) >= 11 is 0. The molecule has 2 rings (SSSR count). The normalized spacial score (nSPS) is 12.4. The van der Waals surface area contributed by atoms with Crippen molar-refractivity contribution in [2.45, 2.75) is 19.9 Å². The van der Waals surface area contributed by atoms with E-state index in [2.05, 4.69) is 10.4 Å². The molecule has 0 aliphatic heterocycles. The molecule has 5 nitrogen and oxygen atoms in total. The molecule has 0 saturated heterocycles. The molecular weight excluding hydrogens is 218 g/mol. The highest BCUT2D eigenvalue weighted by Gasteiger charge is 2.15. The first-order valence-corrected chi connectivity index (χ1v) is 5.41. The molecule has 1 amide bonds. The average Bonchev–Trinajstić information content (AvgIpc) is 2.86. The van der Waals surface area contributed by atoms with Crippen LogP contribution < -0.4 is 5.32 Å². The molecule has 2 heterocycles. The number of nitrogens with one attached hydrogen (secondary N) is 1. The first-order valence-electron chi connectivity index (χ1n) is 5.41. The number of hydrogen-bond acceptors (Lipinski definition) is 3. The van der Waals surface area contributed by atoms with Gasteiger partial charge in [-0.15, -0.1) is 0 Å². The summed E-state index contributed by atoms with van der Waals surface area (Å²) in [6, 6.07) is 1.59. The van der Waals surface area contributed by atoms with Crippen LogP contribution in [0.3, 0.4) is 0 Å². The van der Waals surface area contributed by atoms with Gasteiger partial charge in [-0.2, -0.15) is 5.10 Å². The minimum Gasteiger partial charge on any atom is -0.469 e. The van der Waals surface area contributed by atoms with Gasteiger partial charge in [-0.3, -0.25) is 9.48 Å². The van der Waals surface area contributed by atoms with Crippen molar-refractivity contribution >= 4 is 5.91 Å². The van der Waals surface area contributed by atoms with E-state index in [0.29, 0.717) is 11.3 Å². The molecule has 0 fully saturated rings. The predicted octanol–water partition coefficient (Wildman–Crippen LogP) is 1.81. The summed E-state index contributed by atoms with van der Waals surface area (Å²) in [5, 5.41) is 6.97. The third kappa shape index (κ3) is 2.38. The van der Waals surface area contributed by atoms with Crippen LogP contribution in [0.4, 0.5) is 0 Å². The predicted molar refractivity (Wildman–Crippen MR) is 62.5 cm³/mol. The third-order valence-electron chi connectivity index (χ3n) is 2.68. The SMILES string of the molecule is Cc1occc1C(=O)NC(C)c1cnn(C)c1. The molecule has 2 aromatic heterocycles. The van der Waals surface area contributed by atoms with E-state index in [9.17, 15) is 4.79 Å². The van der Waals surface area contributed by atoms with Crippen LogP contribution in [0.15, 0.2) is 29.1 Å². The van der Waals surface area contributed by atoms with Gasteiger partial charge in [0.1, 0.15) is 5.76 Å². The second kappa shape index (κ2) is 4.45. The van der Waals surface area contributed by atoms with Crippen molar-refractivity contribution in [2.75, 3.05) is 0 Å². The molecule has 0 aliphatic carbocycles. The largest absolute Gasteiger partial charge is 0.469 e. The molecule has 0 bridgehead atoms. The Labute approximate surface area is 99.4 Å². The van der Waals surface area contributed by atoms with E-state index in [1.807, 2.05) is 20.2 Å². The molecule has 5 heteroatoms. The number of aromatic nitrogens is 2. The maximum absolute atomic E-state index is 11.9. The van der Waals surface area contributed by atoms with E-state index in [1.165, 1.54) is 6.26 Å². The lowest BCUT2D eigenvalue weighted by atomic mass is 10.1. The lowest BCUT2D eigenvalue weighted by Gasteiger charge is -2.11. The highest BCUT2D eigenvalue weighted by atomic mass is 16.3. The first-order chi connectivity index (χ1) is 8.08. The van der Waals surface area contributed by atoms with Gasteiger partial charge in [0.05, 0.1) is 24.1 Å². The molecule has 1 N–H and O–H groups in total. The summed E-state index contributed by atoms with van der Waals surface area (Å²) in [5.74, 6) is 0.494. The second-order valence-electron chi connectivity index (χ2n) is 4.03.